The lowest BCUT2D eigenvalue weighted by molar-refractivity contribution is -0.126. The SMILES string of the molecule is CC(O)C#Cc1ccc(S(=O)(=O)N[C@H]2CC[C@H](C(=O)N[C@H](C)c3ccc(F)cc3)CC2)cc1N. The molecule has 1 amide bonds. The first kappa shape index (κ1) is 25.7. The van der Waals surface area contributed by atoms with Gasteiger partial charge in [0, 0.05) is 23.2 Å². The van der Waals surface area contributed by atoms with E-state index in [1.807, 2.05) is 6.92 Å². The largest absolute Gasteiger partial charge is 0.398 e. The summed E-state index contributed by atoms with van der Waals surface area (Å²) < 4.78 is 41.5. The molecule has 2 aromatic carbocycles. The van der Waals surface area contributed by atoms with E-state index < -0.39 is 16.1 Å². The molecule has 0 saturated heterocycles. The highest BCUT2D eigenvalue weighted by molar-refractivity contribution is 7.89. The molecule has 2 aromatic rings. The van der Waals surface area contributed by atoms with Crippen LogP contribution in [0.1, 0.15) is 56.7 Å². The molecule has 0 spiro atoms. The first-order valence-electron chi connectivity index (χ1n) is 11.2. The van der Waals surface area contributed by atoms with Gasteiger partial charge < -0.3 is 16.2 Å². The zero-order chi connectivity index (χ0) is 24.9. The van der Waals surface area contributed by atoms with Crippen molar-refractivity contribution in [3.63, 3.8) is 0 Å². The molecule has 0 aliphatic heterocycles. The fraction of sp³-hybridized carbons (Fsp3) is 0.400. The molecule has 3 rings (SSSR count). The van der Waals surface area contributed by atoms with Gasteiger partial charge in [-0.05, 0) is 75.4 Å². The summed E-state index contributed by atoms with van der Waals surface area (Å²) in [5.41, 5.74) is 7.42. The van der Waals surface area contributed by atoms with Gasteiger partial charge in [0.25, 0.3) is 0 Å². The second kappa shape index (κ2) is 11.0. The fourth-order valence-electron chi connectivity index (χ4n) is 3.93. The number of aliphatic hydroxyl groups excluding tert-OH is 1. The molecular weight excluding hydrogens is 457 g/mol. The number of nitrogen functional groups attached to an aromatic ring is 1. The predicted molar refractivity (Wildman–Crippen MR) is 128 cm³/mol. The third kappa shape index (κ3) is 6.79. The molecule has 182 valence electrons. The minimum absolute atomic E-state index is 0.0422. The maximum atomic E-state index is 13.1. The Morgan fingerprint density at radius 1 is 1.12 bits per heavy atom. The van der Waals surface area contributed by atoms with E-state index in [9.17, 15) is 22.7 Å². The van der Waals surface area contributed by atoms with Crippen LogP contribution in [0.25, 0.3) is 0 Å². The van der Waals surface area contributed by atoms with E-state index in [1.165, 1.54) is 37.3 Å². The third-order valence-electron chi connectivity index (χ3n) is 5.90. The number of nitrogens with two attached hydrogens (primary N) is 1. The second-order valence-corrected chi connectivity index (χ2v) is 10.4. The van der Waals surface area contributed by atoms with Gasteiger partial charge in [0.05, 0.1) is 10.9 Å². The highest BCUT2D eigenvalue weighted by Crippen LogP contribution is 2.27. The van der Waals surface area contributed by atoms with Gasteiger partial charge in [-0.25, -0.2) is 17.5 Å². The zero-order valence-corrected chi connectivity index (χ0v) is 20.0. The summed E-state index contributed by atoms with van der Waals surface area (Å²) >= 11 is 0. The van der Waals surface area contributed by atoms with E-state index in [0.29, 0.717) is 31.2 Å². The molecule has 1 aliphatic rings. The summed E-state index contributed by atoms with van der Waals surface area (Å²) in [5, 5.41) is 12.2. The number of amides is 1. The van der Waals surface area contributed by atoms with Crippen LogP contribution in [-0.4, -0.2) is 31.6 Å². The second-order valence-electron chi connectivity index (χ2n) is 8.65. The first-order chi connectivity index (χ1) is 16.0. The zero-order valence-electron chi connectivity index (χ0n) is 19.2. The minimum atomic E-state index is -3.79. The van der Waals surface area contributed by atoms with Crippen molar-refractivity contribution in [3.05, 3.63) is 59.4 Å². The Balaban J connectivity index is 1.55. The lowest BCUT2D eigenvalue weighted by atomic mass is 9.85. The molecule has 1 aliphatic carbocycles. The van der Waals surface area contributed by atoms with E-state index in [0.717, 1.165) is 5.56 Å². The Morgan fingerprint density at radius 3 is 2.35 bits per heavy atom. The van der Waals surface area contributed by atoms with Crippen molar-refractivity contribution in [2.75, 3.05) is 5.73 Å². The maximum absolute atomic E-state index is 13.1. The standard InChI is InChI=1S/C25H30FN3O4S/c1-16(30)3-4-19-9-14-23(15-24(19)27)34(32,33)29-22-12-7-20(8-13-22)25(31)28-17(2)18-5-10-21(26)11-6-18/h5-6,9-11,14-17,20,22,29-30H,7-8,12-13,27H2,1-2H3,(H,28,31)/t16?,17-,20-,22-/m1/s1. The summed E-state index contributed by atoms with van der Waals surface area (Å²) in [6.45, 7) is 3.37. The molecule has 5 N–H and O–H groups in total. The third-order valence-corrected chi connectivity index (χ3v) is 7.42. The minimum Gasteiger partial charge on any atom is -0.398 e. The Morgan fingerprint density at radius 2 is 1.76 bits per heavy atom. The molecule has 0 radical (unpaired) electrons. The summed E-state index contributed by atoms with van der Waals surface area (Å²) in [6, 6.07) is 9.78. The molecule has 34 heavy (non-hydrogen) atoms. The monoisotopic (exact) mass is 487 g/mol. The lowest BCUT2D eigenvalue weighted by Gasteiger charge is -2.29. The van der Waals surface area contributed by atoms with Crippen LogP contribution in [0, 0.1) is 23.6 Å². The van der Waals surface area contributed by atoms with Crippen LogP contribution in [0.5, 0.6) is 0 Å². The van der Waals surface area contributed by atoms with Gasteiger partial charge in [0.1, 0.15) is 11.9 Å². The van der Waals surface area contributed by atoms with Crippen LogP contribution in [0.4, 0.5) is 10.1 Å². The van der Waals surface area contributed by atoms with Crippen molar-refractivity contribution in [1.82, 2.24) is 10.0 Å². The quantitative estimate of drug-likeness (QED) is 0.369. The van der Waals surface area contributed by atoms with Crippen molar-refractivity contribution >= 4 is 21.6 Å². The van der Waals surface area contributed by atoms with E-state index in [4.69, 9.17) is 5.73 Å². The van der Waals surface area contributed by atoms with Gasteiger partial charge in [-0.3, -0.25) is 4.79 Å². The van der Waals surface area contributed by atoms with Crippen LogP contribution in [0.2, 0.25) is 0 Å². The van der Waals surface area contributed by atoms with Crippen molar-refractivity contribution < 1.29 is 22.7 Å². The topological polar surface area (TPSA) is 122 Å². The van der Waals surface area contributed by atoms with E-state index >= 15 is 0 Å². The molecule has 1 saturated carbocycles. The van der Waals surface area contributed by atoms with Gasteiger partial charge >= 0.3 is 0 Å². The number of benzene rings is 2. The molecule has 7 nitrogen and oxygen atoms in total. The number of aliphatic hydroxyl groups is 1. The normalized spacial score (nSPS) is 20.0. The van der Waals surface area contributed by atoms with E-state index in [2.05, 4.69) is 21.9 Å². The van der Waals surface area contributed by atoms with E-state index in [-0.39, 0.29) is 40.3 Å². The van der Waals surface area contributed by atoms with Gasteiger partial charge in [0.2, 0.25) is 15.9 Å². The molecule has 0 aromatic heterocycles. The number of nitrogens with one attached hydrogen (secondary N) is 2. The van der Waals surface area contributed by atoms with Gasteiger partial charge in [0.15, 0.2) is 0 Å². The molecule has 1 fully saturated rings. The average molecular weight is 488 g/mol. The summed E-state index contributed by atoms with van der Waals surface area (Å²) in [5.74, 6) is 4.68. The Bertz CT molecular complexity index is 1180. The number of carbonyl (C=O) groups excluding carboxylic acids is 1. The number of rotatable bonds is 6. The number of hydrogen-bond acceptors (Lipinski definition) is 5. The highest BCUT2D eigenvalue weighted by atomic mass is 32.2. The fourth-order valence-corrected chi connectivity index (χ4v) is 5.27. The first-order valence-corrected chi connectivity index (χ1v) is 12.7. The number of hydrogen-bond donors (Lipinski definition) is 4. The summed E-state index contributed by atoms with van der Waals surface area (Å²) in [6.07, 6.45) is 1.38. The number of halogens is 1. The lowest BCUT2D eigenvalue weighted by Crippen LogP contribution is -2.41. The molecule has 0 bridgehead atoms. The smallest absolute Gasteiger partial charge is 0.240 e. The average Bonchev–Trinajstić information content (AvgIpc) is 2.78. The Labute approximate surface area is 200 Å². The van der Waals surface area contributed by atoms with Gasteiger partial charge in [-0.2, -0.15) is 0 Å². The predicted octanol–water partition coefficient (Wildman–Crippen LogP) is 2.85. The van der Waals surface area contributed by atoms with Crippen LogP contribution in [0.15, 0.2) is 47.4 Å². The van der Waals surface area contributed by atoms with E-state index in [1.54, 1.807) is 12.1 Å². The Hall–Kier alpha value is -2.93. The highest BCUT2D eigenvalue weighted by Gasteiger charge is 2.30. The molecule has 2 atom stereocenters. The summed E-state index contributed by atoms with van der Waals surface area (Å²) in [7, 11) is -3.79. The van der Waals surface area contributed by atoms with Crippen LogP contribution in [-0.2, 0) is 14.8 Å². The van der Waals surface area contributed by atoms with Crippen LogP contribution < -0.4 is 15.8 Å². The van der Waals surface area contributed by atoms with Crippen LogP contribution in [0.3, 0.4) is 0 Å². The number of carbonyl (C=O) groups is 1. The molecule has 0 heterocycles. The van der Waals surface area contributed by atoms with Gasteiger partial charge in [-0.15, -0.1) is 0 Å². The Kier molecular flexibility index (Phi) is 8.31. The molecule has 9 heteroatoms. The van der Waals surface area contributed by atoms with Crippen molar-refractivity contribution in [3.8, 4) is 11.8 Å². The molecule has 1 unspecified atom stereocenters. The number of sulfonamides is 1. The van der Waals surface area contributed by atoms with Crippen molar-refractivity contribution in [2.24, 2.45) is 5.92 Å². The summed E-state index contributed by atoms with van der Waals surface area (Å²) in [4.78, 5) is 12.7. The van der Waals surface area contributed by atoms with Crippen molar-refractivity contribution in [2.45, 2.75) is 62.6 Å². The van der Waals surface area contributed by atoms with Gasteiger partial charge in [-0.1, -0.05) is 24.0 Å². The maximum Gasteiger partial charge on any atom is 0.240 e. The number of anilines is 1. The van der Waals surface area contributed by atoms with Crippen molar-refractivity contribution in [1.29, 1.82) is 0 Å². The van der Waals surface area contributed by atoms with Crippen LogP contribution >= 0.6 is 0 Å². The molecular formula is C25H30FN3O4S.